The third kappa shape index (κ3) is 3.75. The van der Waals surface area contributed by atoms with Gasteiger partial charge in [-0.1, -0.05) is 6.07 Å². The molecule has 1 saturated carbocycles. The zero-order chi connectivity index (χ0) is 19.0. The molecule has 0 aromatic carbocycles. The van der Waals surface area contributed by atoms with Crippen LogP contribution in [0, 0.1) is 12.8 Å². The van der Waals surface area contributed by atoms with Crippen LogP contribution in [0.1, 0.15) is 37.1 Å². The molecule has 8 heteroatoms. The number of aryl methyl sites for hydroxylation is 1. The van der Waals surface area contributed by atoms with Gasteiger partial charge in [0.25, 0.3) is 0 Å². The Balaban J connectivity index is 1.42. The second kappa shape index (κ2) is 7.19. The Morgan fingerprint density at radius 2 is 2.33 bits per heavy atom. The van der Waals surface area contributed by atoms with Gasteiger partial charge in [-0.15, -0.1) is 11.3 Å². The van der Waals surface area contributed by atoms with E-state index in [1.807, 2.05) is 41.4 Å². The van der Waals surface area contributed by atoms with E-state index in [2.05, 4.69) is 27.5 Å². The lowest BCUT2D eigenvalue weighted by Crippen LogP contribution is -2.32. The second-order valence-electron chi connectivity index (χ2n) is 7.24. The highest BCUT2D eigenvalue weighted by atomic mass is 32.1. The summed E-state index contributed by atoms with van der Waals surface area (Å²) in [4.78, 5) is 15.5. The summed E-state index contributed by atoms with van der Waals surface area (Å²) >= 11 is 1.65. The molecule has 0 saturated heterocycles. The Bertz CT molecular complexity index is 924. The largest absolute Gasteiger partial charge is 0.323 e. The van der Waals surface area contributed by atoms with E-state index in [1.54, 1.807) is 23.3 Å². The predicted molar refractivity (Wildman–Crippen MR) is 107 cm³/mol. The zero-order valence-corrected chi connectivity index (χ0v) is 16.6. The smallest absolute Gasteiger partial charge is 0.322 e. The summed E-state index contributed by atoms with van der Waals surface area (Å²) in [5.41, 5.74) is 2.78. The lowest BCUT2D eigenvalue weighted by molar-refractivity contribution is 0.219. The van der Waals surface area contributed by atoms with E-state index in [0.29, 0.717) is 18.5 Å². The third-order valence-electron chi connectivity index (χ3n) is 5.05. The molecule has 3 aromatic rings. The maximum Gasteiger partial charge on any atom is 0.323 e. The molecule has 0 spiro atoms. The molecule has 7 nitrogen and oxygen atoms in total. The number of urea groups is 1. The van der Waals surface area contributed by atoms with E-state index in [1.165, 1.54) is 12.8 Å². The molecule has 1 fully saturated rings. The van der Waals surface area contributed by atoms with Crippen LogP contribution in [0.3, 0.4) is 0 Å². The molecule has 142 valence electrons. The van der Waals surface area contributed by atoms with Gasteiger partial charge < -0.3 is 4.90 Å². The number of thiophene rings is 1. The molecule has 0 radical (unpaired) electrons. The number of hydrogen-bond acceptors (Lipinski definition) is 4. The number of amides is 2. The van der Waals surface area contributed by atoms with E-state index in [-0.39, 0.29) is 6.03 Å². The van der Waals surface area contributed by atoms with E-state index in [0.717, 1.165) is 27.6 Å². The van der Waals surface area contributed by atoms with Gasteiger partial charge in [-0.25, -0.2) is 9.48 Å². The molecular formula is C19H24N6OS. The zero-order valence-electron chi connectivity index (χ0n) is 15.8. The molecule has 1 aliphatic rings. The van der Waals surface area contributed by atoms with Crippen LogP contribution in [0.5, 0.6) is 0 Å². The molecule has 0 bridgehead atoms. The highest BCUT2D eigenvalue weighted by Crippen LogP contribution is 2.40. The average Bonchev–Trinajstić information content (AvgIpc) is 3.03. The van der Waals surface area contributed by atoms with Crippen molar-refractivity contribution in [1.29, 1.82) is 0 Å². The number of carbonyl (C=O) groups is 1. The summed E-state index contributed by atoms with van der Waals surface area (Å²) in [7, 11) is 1.78. The third-order valence-corrected chi connectivity index (χ3v) is 5.94. The van der Waals surface area contributed by atoms with Crippen LogP contribution >= 0.6 is 11.3 Å². The van der Waals surface area contributed by atoms with Crippen molar-refractivity contribution in [2.45, 2.75) is 39.3 Å². The van der Waals surface area contributed by atoms with Crippen LogP contribution in [0.4, 0.5) is 10.6 Å². The van der Waals surface area contributed by atoms with Crippen LogP contribution in [0.2, 0.25) is 0 Å². The number of carbonyl (C=O) groups excluding carboxylic acids is 1. The Morgan fingerprint density at radius 3 is 3.04 bits per heavy atom. The first kappa shape index (κ1) is 17.8. The number of aromatic amines is 1. The Labute approximate surface area is 162 Å². The first-order chi connectivity index (χ1) is 13.0. The van der Waals surface area contributed by atoms with Crippen molar-refractivity contribution in [3.63, 3.8) is 0 Å². The van der Waals surface area contributed by atoms with E-state index in [9.17, 15) is 4.79 Å². The minimum atomic E-state index is -0.157. The number of nitrogens with one attached hydrogen (secondary N) is 2. The molecule has 1 atom stereocenters. The summed E-state index contributed by atoms with van der Waals surface area (Å²) in [6, 6.07) is 6.17. The van der Waals surface area contributed by atoms with E-state index >= 15 is 0 Å². The molecule has 1 aliphatic carbocycles. The molecule has 3 aromatic heterocycles. The number of rotatable bonds is 6. The topological polar surface area (TPSA) is 78.8 Å². The number of aromatic nitrogens is 4. The van der Waals surface area contributed by atoms with Crippen molar-refractivity contribution >= 4 is 23.2 Å². The lowest BCUT2D eigenvalue weighted by Gasteiger charge is -2.20. The van der Waals surface area contributed by atoms with Crippen LogP contribution in [0.25, 0.3) is 10.6 Å². The van der Waals surface area contributed by atoms with Gasteiger partial charge in [-0.2, -0.15) is 10.2 Å². The summed E-state index contributed by atoms with van der Waals surface area (Å²) in [6.07, 6.45) is 4.29. The summed E-state index contributed by atoms with van der Waals surface area (Å²) < 4.78 is 1.95. The lowest BCUT2D eigenvalue weighted by atomic mass is 10.2. The van der Waals surface area contributed by atoms with Gasteiger partial charge in [-0.05, 0) is 50.1 Å². The molecule has 2 N–H and O–H groups in total. The molecule has 1 unspecified atom stereocenters. The van der Waals surface area contributed by atoms with Crippen molar-refractivity contribution in [2.75, 3.05) is 12.4 Å². The van der Waals surface area contributed by atoms with E-state index in [4.69, 9.17) is 0 Å². The van der Waals surface area contributed by atoms with Crippen molar-refractivity contribution in [2.24, 2.45) is 5.92 Å². The highest BCUT2D eigenvalue weighted by Gasteiger charge is 2.31. The van der Waals surface area contributed by atoms with Crippen molar-refractivity contribution in [3.05, 3.63) is 41.0 Å². The maximum atomic E-state index is 12.7. The number of H-pyrrole nitrogens is 1. The minimum Gasteiger partial charge on any atom is -0.322 e. The number of nitrogens with zero attached hydrogens (tertiary/aromatic N) is 4. The van der Waals surface area contributed by atoms with Crippen molar-refractivity contribution in [1.82, 2.24) is 24.9 Å². The van der Waals surface area contributed by atoms with Crippen LogP contribution in [-0.2, 0) is 6.54 Å². The average molecular weight is 385 g/mol. The Kier molecular flexibility index (Phi) is 4.73. The predicted octanol–water partition coefficient (Wildman–Crippen LogP) is 4.28. The molecule has 4 rings (SSSR count). The van der Waals surface area contributed by atoms with Crippen LogP contribution < -0.4 is 5.32 Å². The molecule has 3 heterocycles. The van der Waals surface area contributed by atoms with Crippen molar-refractivity contribution in [3.8, 4) is 10.6 Å². The van der Waals surface area contributed by atoms with Gasteiger partial charge in [0.1, 0.15) is 11.5 Å². The van der Waals surface area contributed by atoms with Gasteiger partial charge in [0, 0.05) is 12.6 Å². The van der Waals surface area contributed by atoms with Gasteiger partial charge in [0.2, 0.25) is 0 Å². The normalized spacial score (nSPS) is 14.9. The molecule has 27 heavy (non-hydrogen) atoms. The first-order valence-electron chi connectivity index (χ1n) is 9.17. The quantitative estimate of drug-likeness (QED) is 0.666. The molecule has 2 amide bonds. The minimum absolute atomic E-state index is 0.157. The van der Waals surface area contributed by atoms with E-state index < -0.39 is 0 Å². The standard InChI is InChI=1S/C19H24N6OS/c1-12-10-20-25(13(2)14-6-7-14)18(12)21-19(26)24(3)11-15-9-16(23-22-15)17-5-4-8-27-17/h4-5,8-10,13-14H,6-7,11H2,1-3H3,(H,21,26)(H,22,23). The first-order valence-corrected chi connectivity index (χ1v) is 10.0. The maximum absolute atomic E-state index is 12.7. The summed E-state index contributed by atoms with van der Waals surface area (Å²) in [6.45, 7) is 4.59. The fraction of sp³-hybridized carbons (Fsp3) is 0.421. The second-order valence-corrected chi connectivity index (χ2v) is 8.19. The number of hydrogen-bond donors (Lipinski definition) is 2. The van der Waals surface area contributed by atoms with Crippen LogP contribution in [-0.4, -0.2) is 38.0 Å². The fourth-order valence-corrected chi connectivity index (χ4v) is 3.89. The van der Waals surface area contributed by atoms with Gasteiger partial charge in [0.15, 0.2) is 0 Å². The highest BCUT2D eigenvalue weighted by molar-refractivity contribution is 7.13. The Morgan fingerprint density at radius 1 is 1.52 bits per heavy atom. The monoisotopic (exact) mass is 384 g/mol. The van der Waals surface area contributed by atoms with Crippen molar-refractivity contribution < 1.29 is 4.79 Å². The molecular weight excluding hydrogens is 360 g/mol. The van der Waals surface area contributed by atoms with Gasteiger partial charge in [-0.3, -0.25) is 10.4 Å². The van der Waals surface area contributed by atoms with Gasteiger partial charge in [0.05, 0.1) is 29.4 Å². The van der Waals surface area contributed by atoms with Gasteiger partial charge >= 0.3 is 6.03 Å². The SMILES string of the molecule is Cc1cnn(C(C)C2CC2)c1NC(=O)N(C)Cc1cc(-c2cccs2)n[nH]1. The summed E-state index contributed by atoms with van der Waals surface area (Å²) in [5.74, 6) is 1.45. The fourth-order valence-electron chi connectivity index (χ4n) is 3.21. The van der Waals surface area contributed by atoms with Crippen LogP contribution in [0.15, 0.2) is 29.8 Å². The summed E-state index contributed by atoms with van der Waals surface area (Å²) in [5, 5.41) is 16.9. The Hall–Kier alpha value is -2.61. The molecule has 0 aliphatic heterocycles. The number of anilines is 1.